The van der Waals surface area contributed by atoms with Crippen molar-refractivity contribution >= 4 is 17.6 Å². The van der Waals surface area contributed by atoms with E-state index >= 15 is 0 Å². The van der Waals surface area contributed by atoms with Gasteiger partial charge in [0.1, 0.15) is 11.5 Å². The van der Waals surface area contributed by atoms with Gasteiger partial charge in [-0.25, -0.2) is 0 Å². The summed E-state index contributed by atoms with van der Waals surface area (Å²) in [5.41, 5.74) is 0.651. The summed E-state index contributed by atoms with van der Waals surface area (Å²) in [5, 5.41) is 9.19. The second kappa shape index (κ2) is 5.56. The molecule has 0 fully saturated rings. The van der Waals surface area contributed by atoms with Gasteiger partial charge in [0, 0.05) is 0 Å². The molecule has 0 atom stereocenters. The molecule has 0 unspecified atom stereocenters. The van der Waals surface area contributed by atoms with Crippen LogP contribution in [-0.2, 0) is 11.2 Å². The third-order valence-electron chi connectivity index (χ3n) is 2.32. The Bertz CT molecular complexity index is 552. The van der Waals surface area contributed by atoms with Crippen molar-refractivity contribution in [1.82, 2.24) is 0 Å². The van der Waals surface area contributed by atoms with E-state index in [0.717, 1.165) is 0 Å². The van der Waals surface area contributed by atoms with Gasteiger partial charge in [0.25, 0.3) is 0 Å². The summed E-state index contributed by atoms with van der Waals surface area (Å²) in [6.07, 6.45) is -0.0533. The van der Waals surface area contributed by atoms with Crippen LogP contribution in [0.25, 0.3) is 0 Å². The van der Waals surface area contributed by atoms with Gasteiger partial charge in [-0.05, 0) is 29.8 Å². The van der Waals surface area contributed by atoms with Gasteiger partial charge in [-0.15, -0.1) is 0 Å². The molecule has 1 N–H and O–H groups in total. The first-order chi connectivity index (χ1) is 8.65. The minimum Gasteiger partial charge on any atom is -0.481 e. The van der Waals surface area contributed by atoms with Crippen LogP contribution >= 0.6 is 11.6 Å². The van der Waals surface area contributed by atoms with Gasteiger partial charge in [-0.3, -0.25) is 4.79 Å². The highest BCUT2D eigenvalue weighted by molar-refractivity contribution is 6.32. The Kier molecular flexibility index (Phi) is 3.85. The first-order valence-electron chi connectivity index (χ1n) is 5.38. The summed E-state index contributed by atoms with van der Waals surface area (Å²) in [7, 11) is 0. The third kappa shape index (κ3) is 3.25. The van der Waals surface area contributed by atoms with Crippen LogP contribution in [0.4, 0.5) is 0 Å². The smallest absolute Gasteiger partial charge is 0.307 e. The molecule has 0 heterocycles. The highest BCUT2D eigenvalue weighted by Crippen LogP contribution is 2.30. The predicted octanol–water partition coefficient (Wildman–Crippen LogP) is 3.76. The summed E-state index contributed by atoms with van der Waals surface area (Å²) in [5.74, 6) is 0.233. The van der Waals surface area contributed by atoms with Crippen LogP contribution in [0.2, 0.25) is 5.02 Å². The molecule has 0 radical (unpaired) electrons. The van der Waals surface area contributed by atoms with E-state index in [1.807, 2.05) is 18.2 Å². The monoisotopic (exact) mass is 262 g/mol. The molecule has 0 aromatic heterocycles. The Labute approximate surface area is 110 Å². The second-order valence-electron chi connectivity index (χ2n) is 3.75. The van der Waals surface area contributed by atoms with Crippen molar-refractivity contribution in [1.29, 1.82) is 0 Å². The molecular formula is C14H11ClO3. The topological polar surface area (TPSA) is 46.5 Å². The molecule has 2 aromatic rings. The van der Waals surface area contributed by atoms with Crippen LogP contribution in [0.1, 0.15) is 5.56 Å². The van der Waals surface area contributed by atoms with E-state index in [2.05, 4.69) is 0 Å². The second-order valence-corrected chi connectivity index (χ2v) is 4.16. The van der Waals surface area contributed by atoms with E-state index < -0.39 is 5.97 Å². The fourth-order valence-electron chi connectivity index (χ4n) is 1.53. The van der Waals surface area contributed by atoms with Crippen molar-refractivity contribution in [3.05, 3.63) is 59.1 Å². The van der Waals surface area contributed by atoms with Crippen LogP contribution in [0.3, 0.4) is 0 Å². The molecule has 0 amide bonds. The maximum atomic E-state index is 10.6. The molecule has 4 heteroatoms. The fourth-order valence-corrected chi connectivity index (χ4v) is 1.68. The van der Waals surface area contributed by atoms with Crippen molar-refractivity contribution in [3.8, 4) is 11.5 Å². The maximum absolute atomic E-state index is 10.6. The average Bonchev–Trinajstić information content (AvgIpc) is 2.34. The molecule has 92 valence electrons. The number of carboxylic acids is 1. The summed E-state index contributed by atoms with van der Waals surface area (Å²) in [6, 6.07) is 14.2. The lowest BCUT2D eigenvalue weighted by Gasteiger charge is -2.08. The Morgan fingerprint density at radius 1 is 1.17 bits per heavy atom. The number of benzene rings is 2. The molecule has 2 rings (SSSR count). The minimum atomic E-state index is -0.886. The molecule has 3 nitrogen and oxygen atoms in total. The zero-order valence-corrected chi connectivity index (χ0v) is 10.2. The number of aliphatic carboxylic acids is 1. The summed E-state index contributed by atoms with van der Waals surface area (Å²) >= 11 is 6.01. The Morgan fingerprint density at radius 2 is 1.89 bits per heavy atom. The minimum absolute atomic E-state index is 0.0533. The van der Waals surface area contributed by atoms with Crippen molar-refractivity contribution in [2.75, 3.05) is 0 Å². The highest BCUT2D eigenvalue weighted by atomic mass is 35.5. The number of halogens is 1. The van der Waals surface area contributed by atoms with E-state index in [1.165, 1.54) is 0 Å². The molecule has 0 aliphatic carbocycles. The molecule has 18 heavy (non-hydrogen) atoms. The van der Waals surface area contributed by atoms with Crippen LogP contribution in [0.5, 0.6) is 11.5 Å². The summed E-state index contributed by atoms with van der Waals surface area (Å²) in [4.78, 5) is 10.6. The van der Waals surface area contributed by atoms with Gasteiger partial charge in [0.05, 0.1) is 11.4 Å². The number of ether oxygens (including phenoxy) is 1. The van der Waals surface area contributed by atoms with Gasteiger partial charge in [-0.1, -0.05) is 35.9 Å². The number of carboxylic acid groups (broad SMARTS) is 1. The third-order valence-corrected chi connectivity index (χ3v) is 2.63. The highest BCUT2D eigenvalue weighted by Gasteiger charge is 2.07. The van der Waals surface area contributed by atoms with Crippen molar-refractivity contribution in [3.63, 3.8) is 0 Å². The Hall–Kier alpha value is -2.00. The van der Waals surface area contributed by atoms with Crippen molar-refractivity contribution < 1.29 is 14.6 Å². The Balaban J connectivity index is 2.24. The molecule has 0 spiro atoms. The van der Waals surface area contributed by atoms with Gasteiger partial charge in [0.15, 0.2) is 0 Å². The molecule has 0 aliphatic rings. The Morgan fingerprint density at radius 3 is 2.56 bits per heavy atom. The normalized spacial score (nSPS) is 10.1. The lowest BCUT2D eigenvalue weighted by molar-refractivity contribution is -0.136. The van der Waals surface area contributed by atoms with Crippen molar-refractivity contribution in [2.24, 2.45) is 0 Å². The predicted molar refractivity (Wildman–Crippen MR) is 69.3 cm³/mol. The fraction of sp³-hybridized carbons (Fsp3) is 0.0714. The largest absolute Gasteiger partial charge is 0.481 e. The molecule has 0 saturated heterocycles. The first kappa shape index (κ1) is 12.5. The van der Waals surface area contributed by atoms with E-state index in [1.54, 1.807) is 30.3 Å². The zero-order chi connectivity index (χ0) is 13.0. The van der Waals surface area contributed by atoms with Crippen LogP contribution in [0.15, 0.2) is 48.5 Å². The van der Waals surface area contributed by atoms with E-state index in [0.29, 0.717) is 22.1 Å². The molecule has 0 aliphatic heterocycles. The average molecular weight is 263 g/mol. The first-order valence-corrected chi connectivity index (χ1v) is 5.76. The van der Waals surface area contributed by atoms with Crippen LogP contribution < -0.4 is 4.74 Å². The number of hydrogen-bond acceptors (Lipinski definition) is 2. The molecular weight excluding hydrogens is 252 g/mol. The van der Waals surface area contributed by atoms with E-state index in [4.69, 9.17) is 21.4 Å². The number of para-hydroxylation sites is 1. The van der Waals surface area contributed by atoms with Crippen LogP contribution in [-0.4, -0.2) is 11.1 Å². The summed E-state index contributed by atoms with van der Waals surface area (Å²) < 4.78 is 5.61. The SMILES string of the molecule is O=C(O)Cc1ccc(Cl)c(Oc2ccccc2)c1. The lowest BCUT2D eigenvalue weighted by Crippen LogP contribution is -2.00. The van der Waals surface area contributed by atoms with Gasteiger partial charge < -0.3 is 9.84 Å². The van der Waals surface area contributed by atoms with Gasteiger partial charge in [-0.2, -0.15) is 0 Å². The van der Waals surface area contributed by atoms with Crippen molar-refractivity contribution in [2.45, 2.75) is 6.42 Å². The summed E-state index contributed by atoms with van der Waals surface area (Å²) in [6.45, 7) is 0. The lowest BCUT2D eigenvalue weighted by atomic mass is 10.1. The van der Waals surface area contributed by atoms with E-state index in [-0.39, 0.29) is 6.42 Å². The number of rotatable bonds is 4. The zero-order valence-electron chi connectivity index (χ0n) is 9.47. The molecule has 0 saturated carbocycles. The number of hydrogen-bond donors (Lipinski definition) is 1. The van der Waals surface area contributed by atoms with E-state index in [9.17, 15) is 4.79 Å². The number of carbonyl (C=O) groups is 1. The van der Waals surface area contributed by atoms with Gasteiger partial charge >= 0.3 is 5.97 Å². The molecule has 0 bridgehead atoms. The standard InChI is InChI=1S/C14H11ClO3/c15-12-7-6-10(9-14(16)17)8-13(12)18-11-4-2-1-3-5-11/h1-8H,9H2,(H,16,17). The molecule has 2 aromatic carbocycles. The van der Waals surface area contributed by atoms with Gasteiger partial charge in [0.2, 0.25) is 0 Å². The quantitative estimate of drug-likeness (QED) is 0.913. The van der Waals surface area contributed by atoms with Crippen LogP contribution in [0, 0.1) is 0 Å². The maximum Gasteiger partial charge on any atom is 0.307 e.